The summed E-state index contributed by atoms with van der Waals surface area (Å²) in [6.45, 7) is 2.11. The Morgan fingerprint density at radius 3 is 2.85 bits per heavy atom. The fourth-order valence-corrected chi connectivity index (χ4v) is 4.93. The fraction of sp³-hybridized carbons (Fsp3) is 0.350. The smallest absolute Gasteiger partial charge is 0.226 e. The van der Waals surface area contributed by atoms with Crippen LogP contribution in [0.25, 0.3) is 10.6 Å². The summed E-state index contributed by atoms with van der Waals surface area (Å²) in [4.78, 5) is 18.1. The molecule has 1 aliphatic heterocycles. The van der Waals surface area contributed by atoms with E-state index in [2.05, 4.69) is 29.4 Å². The summed E-state index contributed by atoms with van der Waals surface area (Å²) in [5.74, 6) is 1.52. The van der Waals surface area contributed by atoms with Gasteiger partial charge in [0.25, 0.3) is 0 Å². The number of benzene rings is 1. The first-order chi connectivity index (χ1) is 12.6. The minimum atomic E-state index is 0.0540. The predicted octanol–water partition coefficient (Wildman–Crippen LogP) is 4.20. The number of thiazole rings is 1. The topological polar surface area (TPSA) is 59.8 Å². The maximum Gasteiger partial charge on any atom is 0.226 e. The van der Waals surface area contributed by atoms with Crippen molar-refractivity contribution in [1.82, 2.24) is 14.8 Å². The molecular weight excluding hydrogens is 344 g/mol. The van der Waals surface area contributed by atoms with E-state index >= 15 is 0 Å². The molecule has 1 amide bonds. The average Bonchev–Trinajstić information content (AvgIpc) is 3.26. The van der Waals surface area contributed by atoms with Gasteiger partial charge in [-0.1, -0.05) is 24.3 Å². The first-order valence-electron chi connectivity index (χ1n) is 9.00. The Hall–Kier alpha value is -2.47. The van der Waals surface area contributed by atoms with Crippen molar-refractivity contribution in [3.63, 3.8) is 0 Å². The van der Waals surface area contributed by atoms with Gasteiger partial charge in [-0.2, -0.15) is 5.10 Å². The van der Waals surface area contributed by atoms with Gasteiger partial charge in [-0.25, -0.2) is 4.98 Å². The van der Waals surface area contributed by atoms with Gasteiger partial charge in [-0.05, 0) is 25.3 Å². The normalized spacial score (nSPS) is 19.3. The van der Waals surface area contributed by atoms with Gasteiger partial charge in [-0.15, -0.1) is 11.3 Å². The third kappa shape index (κ3) is 2.48. The molecule has 0 saturated heterocycles. The Bertz CT molecular complexity index is 1010. The second-order valence-electron chi connectivity index (χ2n) is 7.23. The lowest BCUT2D eigenvalue weighted by atomic mass is 9.90. The Balaban J connectivity index is 1.60. The van der Waals surface area contributed by atoms with Crippen molar-refractivity contribution >= 4 is 23.1 Å². The van der Waals surface area contributed by atoms with Gasteiger partial charge < -0.3 is 5.32 Å². The summed E-state index contributed by atoms with van der Waals surface area (Å²) < 4.78 is 1.83. The molecule has 1 atom stereocenters. The Labute approximate surface area is 156 Å². The molecule has 132 valence electrons. The highest BCUT2D eigenvalue weighted by atomic mass is 32.1. The van der Waals surface area contributed by atoms with Crippen LogP contribution in [0, 0.1) is 6.92 Å². The first-order valence-corrected chi connectivity index (χ1v) is 9.82. The number of hydrogen-bond donors (Lipinski definition) is 1. The van der Waals surface area contributed by atoms with E-state index in [0.717, 1.165) is 21.3 Å². The Morgan fingerprint density at radius 2 is 2.08 bits per heavy atom. The van der Waals surface area contributed by atoms with Crippen molar-refractivity contribution in [1.29, 1.82) is 0 Å². The zero-order valence-corrected chi connectivity index (χ0v) is 15.6. The molecule has 5 rings (SSSR count). The van der Waals surface area contributed by atoms with Crippen LogP contribution in [0.2, 0.25) is 0 Å². The van der Waals surface area contributed by atoms with Crippen LogP contribution in [0.3, 0.4) is 0 Å². The number of fused-ring (bicyclic) bond motifs is 1. The summed E-state index contributed by atoms with van der Waals surface area (Å²) in [6.07, 6.45) is 4.81. The third-order valence-electron chi connectivity index (χ3n) is 5.31. The van der Waals surface area contributed by atoms with E-state index in [4.69, 9.17) is 5.10 Å². The average molecular weight is 364 g/mol. The molecule has 5 nitrogen and oxygen atoms in total. The number of carbonyl (C=O) groups is 1. The molecule has 0 bridgehead atoms. The number of hydrogen-bond acceptors (Lipinski definition) is 4. The van der Waals surface area contributed by atoms with Crippen molar-refractivity contribution in [3.05, 3.63) is 52.2 Å². The van der Waals surface area contributed by atoms with Crippen LogP contribution in [0.1, 0.15) is 52.8 Å². The zero-order valence-electron chi connectivity index (χ0n) is 14.8. The van der Waals surface area contributed by atoms with Crippen molar-refractivity contribution in [2.75, 3.05) is 5.32 Å². The van der Waals surface area contributed by atoms with E-state index in [0.29, 0.717) is 12.3 Å². The number of aromatic nitrogens is 3. The van der Waals surface area contributed by atoms with Crippen LogP contribution in [-0.2, 0) is 11.8 Å². The van der Waals surface area contributed by atoms with Crippen LogP contribution in [0.4, 0.5) is 5.82 Å². The number of amides is 1. The van der Waals surface area contributed by atoms with E-state index in [-0.39, 0.29) is 11.8 Å². The summed E-state index contributed by atoms with van der Waals surface area (Å²) in [7, 11) is 1.92. The highest BCUT2D eigenvalue weighted by Gasteiger charge is 2.39. The van der Waals surface area contributed by atoms with Crippen LogP contribution in [0.5, 0.6) is 0 Å². The lowest BCUT2D eigenvalue weighted by Crippen LogP contribution is -2.24. The third-order valence-corrected chi connectivity index (χ3v) is 6.46. The van der Waals surface area contributed by atoms with Gasteiger partial charge in [0, 0.05) is 47.5 Å². The standard InChI is InChI=1S/C20H20N4OS/c1-11-5-3-4-6-13(11)20-21-10-15(26-20)14-9-16(25)22-19-17(14)18(12-7-8-12)23-24(19)2/h3-6,10,12,14H,7-9H2,1-2H3,(H,22,25). The Kier molecular flexibility index (Phi) is 3.50. The molecule has 1 aromatic carbocycles. The second kappa shape index (κ2) is 5.77. The first kappa shape index (κ1) is 15.8. The monoisotopic (exact) mass is 364 g/mol. The predicted molar refractivity (Wildman–Crippen MR) is 103 cm³/mol. The molecule has 1 N–H and O–H groups in total. The summed E-state index contributed by atoms with van der Waals surface area (Å²) >= 11 is 1.69. The number of nitrogens with one attached hydrogen (secondary N) is 1. The lowest BCUT2D eigenvalue weighted by molar-refractivity contribution is -0.116. The van der Waals surface area contributed by atoms with Gasteiger partial charge in [0.2, 0.25) is 5.91 Å². The molecule has 1 fully saturated rings. The van der Waals surface area contributed by atoms with Crippen LogP contribution in [0.15, 0.2) is 30.5 Å². The van der Waals surface area contributed by atoms with Crippen LogP contribution < -0.4 is 5.32 Å². The molecular formula is C20H20N4OS. The molecule has 1 aliphatic carbocycles. The molecule has 3 aromatic rings. The molecule has 2 aliphatic rings. The number of anilines is 1. The maximum absolute atomic E-state index is 12.3. The van der Waals surface area contributed by atoms with Gasteiger partial charge >= 0.3 is 0 Å². The van der Waals surface area contributed by atoms with Crippen molar-refractivity contribution < 1.29 is 4.79 Å². The largest absolute Gasteiger partial charge is 0.311 e. The number of nitrogens with zero attached hydrogens (tertiary/aromatic N) is 3. The van der Waals surface area contributed by atoms with Gasteiger partial charge in [-0.3, -0.25) is 9.48 Å². The number of rotatable bonds is 3. The van der Waals surface area contributed by atoms with E-state index in [1.807, 2.05) is 30.1 Å². The van der Waals surface area contributed by atoms with E-state index in [1.165, 1.54) is 29.7 Å². The van der Waals surface area contributed by atoms with Crippen molar-refractivity contribution in [2.24, 2.45) is 7.05 Å². The fourth-order valence-electron chi connectivity index (χ4n) is 3.81. The SMILES string of the molecule is Cc1ccccc1-c1ncc(C2CC(=O)Nc3c2c(C2CC2)nn3C)s1. The minimum Gasteiger partial charge on any atom is -0.311 e. The molecule has 1 saturated carbocycles. The van der Waals surface area contributed by atoms with Gasteiger partial charge in [0.05, 0.1) is 5.69 Å². The van der Waals surface area contributed by atoms with Crippen molar-refractivity contribution in [2.45, 2.75) is 38.0 Å². The molecule has 2 aromatic heterocycles. The van der Waals surface area contributed by atoms with Gasteiger partial charge in [0.1, 0.15) is 10.8 Å². The molecule has 3 heterocycles. The quantitative estimate of drug-likeness (QED) is 0.757. The lowest BCUT2D eigenvalue weighted by Gasteiger charge is -2.22. The van der Waals surface area contributed by atoms with E-state index in [9.17, 15) is 4.79 Å². The number of carbonyl (C=O) groups excluding carboxylic acids is 1. The van der Waals surface area contributed by atoms with E-state index < -0.39 is 0 Å². The summed E-state index contributed by atoms with van der Waals surface area (Å²) in [5, 5.41) is 8.77. The maximum atomic E-state index is 12.3. The van der Waals surface area contributed by atoms with Crippen molar-refractivity contribution in [3.8, 4) is 10.6 Å². The summed E-state index contributed by atoms with van der Waals surface area (Å²) in [6, 6.07) is 8.30. The second-order valence-corrected chi connectivity index (χ2v) is 8.30. The van der Waals surface area contributed by atoms with E-state index in [1.54, 1.807) is 11.3 Å². The molecule has 0 radical (unpaired) electrons. The highest BCUT2D eigenvalue weighted by Crippen LogP contribution is 2.49. The number of aryl methyl sites for hydroxylation is 2. The zero-order chi connectivity index (χ0) is 17.8. The van der Waals surface area contributed by atoms with Gasteiger partial charge in [0.15, 0.2) is 0 Å². The molecule has 0 spiro atoms. The highest BCUT2D eigenvalue weighted by molar-refractivity contribution is 7.15. The molecule has 1 unspecified atom stereocenters. The molecule has 6 heteroatoms. The molecule has 26 heavy (non-hydrogen) atoms. The Morgan fingerprint density at radius 1 is 1.27 bits per heavy atom. The van der Waals surface area contributed by atoms with Crippen LogP contribution in [-0.4, -0.2) is 20.7 Å². The van der Waals surface area contributed by atoms with Crippen LogP contribution >= 0.6 is 11.3 Å². The minimum absolute atomic E-state index is 0.0540. The summed E-state index contributed by atoms with van der Waals surface area (Å²) in [5.41, 5.74) is 4.75.